The highest BCUT2D eigenvalue weighted by molar-refractivity contribution is 7.80. The van der Waals surface area contributed by atoms with E-state index in [1.165, 1.54) is 13.8 Å². The number of aliphatic hydroxyl groups is 1. The molecule has 0 fully saturated rings. The van der Waals surface area contributed by atoms with Crippen molar-refractivity contribution >= 4 is 36.3 Å². The van der Waals surface area contributed by atoms with Gasteiger partial charge in [-0.05, 0) is 39.7 Å². The highest BCUT2D eigenvalue weighted by Gasteiger charge is 2.28. The van der Waals surface area contributed by atoms with Crippen LogP contribution in [0.25, 0.3) is 0 Å². The van der Waals surface area contributed by atoms with Crippen molar-refractivity contribution in [3.8, 4) is 0 Å². The Morgan fingerprint density at radius 1 is 0.964 bits per heavy atom. The normalized spacial score (nSPS) is 16.2. The molecule has 0 aromatic heterocycles. The monoisotopic (exact) mass is 421 g/mol. The molecule has 0 radical (unpaired) electrons. The quantitative estimate of drug-likeness (QED) is 0.116. The van der Waals surface area contributed by atoms with Gasteiger partial charge in [-0.2, -0.15) is 12.6 Å². The van der Waals surface area contributed by atoms with E-state index in [-0.39, 0.29) is 12.2 Å². The number of unbranched alkanes of at least 4 members (excludes halogenated alkanes) is 1. The lowest BCUT2D eigenvalue weighted by Crippen LogP contribution is -2.57. The highest BCUT2D eigenvalue weighted by Crippen LogP contribution is 2.02. The van der Waals surface area contributed by atoms with Gasteiger partial charge in [0.25, 0.3) is 0 Å². The van der Waals surface area contributed by atoms with Crippen LogP contribution >= 0.6 is 12.6 Å². The third-order valence-corrected chi connectivity index (χ3v) is 4.32. The first kappa shape index (κ1) is 26.1. The van der Waals surface area contributed by atoms with Crippen LogP contribution in [-0.4, -0.2) is 76.5 Å². The minimum Gasteiger partial charge on any atom is -0.480 e. The van der Waals surface area contributed by atoms with Crippen LogP contribution in [0.15, 0.2) is 0 Å². The Labute approximate surface area is 169 Å². The molecule has 162 valence electrons. The van der Waals surface area contributed by atoms with Gasteiger partial charge in [0.1, 0.15) is 24.2 Å². The van der Waals surface area contributed by atoms with Gasteiger partial charge in [0.05, 0.1) is 6.10 Å². The van der Waals surface area contributed by atoms with Crippen LogP contribution in [0.3, 0.4) is 0 Å². The summed E-state index contributed by atoms with van der Waals surface area (Å²) in [6, 6.07) is -4.45. The first-order valence-corrected chi connectivity index (χ1v) is 9.56. The van der Waals surface area contributed by atoms with E-state index in [1.54, 1.807) is 0 Å². The number of rotatable bonds is 13. The summed E-state index contributed by atoms with van der Waals surface area (Å²) in [6.07, 6.45) is 0.254. The molecule has 12 heteroatoms. The van der Waals surface area contributed by atoms with Crippen molar-refractivity contribution in [2.24, 2.45) is 11.5 Å². The number of amides is 3. The maximum atomic E-state index is 12.3. The molecule has 0 rings (SSSR count). The zero-order chi connectivity index (χ0) is 21.9. The lowest BCUT2D eigenvalue weighted by Gasteiger charge is -2.23. The van der Waals surface area contributed by atoms with Gasteiger partial charge in [-0.3, -0.25) is 14.4 Å². The fourth-order valence-electron chi connectivity index (χ4n) is 2.11. The van der Waals surface area contributed by atoms with Crippen molar-refractivity contribution in [2.75, 3.05) is 12.3 Å². The predicted molar refractivity (Wildman–Crippen MR) is 106 cm³/mol. The average Bonchev–Trinajstić information content (AvgIpc) is 2.63. The van der Waals surface area contributed by atoms with Crippen molar-refractivity contribution in [3.05, 3.63) is 0 Å². The molecule has 5 atom stereocenters. The summed E-state index contributed by atoms with van der Waals surface area (Å²) in [5.41, 5.74) is 10.9. The average molecular weight is 422 g/mol. The SMILES string of the molecule is CC(NC(=O)C(N)C(C)O)C(=O)NC(CS)C(=O)NC(CCCCN)C(=O)O. The number of carboxylic acid groups (broad SMARTS) is 1. The van der Waals surface area contributed by atoms with Gasteiger partial charge in [-0.1, -0.05) is 0 Å². The molecule has 0 aliphatic rings. The van der Waals surface area contributed by atoms with E-state index in [1.807, 2.05) is 0 Å². The molecule has 0 saturated heterocycles. The van der Waals surface area contributed by atoms with Crippen LogP contribution in [0.2, 0.25) is 0 Å². The van der Waals surface area contributed by atoms with E-state index in [9.17, 15) is 29.4 Å². The minimum atomic E-state index is -1.20. The Hall–Kier alpha value is -1.89. The van der Waals surface area contributed by atoms with Crippen LogP contribution in [-0.2, 0) is 19.2 Å². The standard InChI is InChI=1S/C16H31N5O6S/c1-8(19-15(25)12(18)9(2)22)13(23)21-11(7-28)14(24)20-10(16(26)27)5-3-4-6-17/h8-12,22,28H,3-7,17-18H2,1-2H3,(H,19,25)(H,20,24)(H,21,23)(H,26,27). The fraction of sp³-hybridized carbons (Fsp3) is 0.750. The molecule has 0 spiro atoms. The molecule has 3 amide bonds. The second-order valence-corrected chi connectivity index (χ2v) is 6.79. The number of aliphatic hydroxyl groups excluding tert-OH is 1. The zero-order valence-electron chi connectivity index (χ0n) is 16.1. The third kappa shape index (κ3) is 9.35. The Morgan fingerprint density at radius 3 is 2.00 bits per heavy atom. The molecule has 0 aliphatic carbocycles. The Morgan fingerprint density at radius 2 is 1.54 bits per heavy atom. The maximum Gasteiger partial charge on any atom is 0.326 e. The van der Waals surface area contributed by atoms with Crippen molar-refractivity contribution in [1.29, 1.82) is 0 Å². The van der Waals surface area contributed by atoms with Gasteiger partial charge in [0, 0.05) is 5.75 Å². The number of thiol groups is 1. The smallest absolute Gasteiger partial charge is 0.326 e. The van der Waals surface area contributed by atoms with E-state index in [2.05, 4.69) is 28.6 Å². The summed E-state index contributed by atoms with van der Waals surface area (Å²) < 4.78 is 0. The van der Waals surface area contributed by atoms with E-state index in [0.717, 1.165) is 0 Å². The van der Waals surface area contributed by atoms with Crippen LogP contribution < -0.4 is 27.4 Å². The van der Waals surface area contributed by atoms with Gasteiger partial charge in [0.2, 0.25) is 17.7 Å². The van der Waals surface area contributed by atoms with Crippen molar-refractivity contribution < 1.29 is 29.4 Å². The number of hydrogen-bond acceptors (Lipinski definition) is 8. The lowest BCUT2D eigenvalue weighted by atomic mass is 10.1. The second-order valence-electron chi connectivity index (χ2n) is 6.42. The molecule has 0 aromatic carbocycles. The Kier molecular flexibility index (Phi) is 12.4. The molecule has 28 heavy (non-hydrogen) atoms. The van der Waals surface area contributed by atoms with E-state index < -0.39 is 54.0 Å². The van der Waals surface area contributed by atoms with Crippen molar-refractivity contribution in [2.45, 2.75) is 63.4 Å². The number of nitrogens with two attached hydrogens (primary N) is 2. The van der Waals surface area contributed by atoms with E-state index in [4.69, 9.17) is 11.5 Å². The molecule has 0 aliphatic heterocycles. The zero-order valence-corrected chi connectivity index (χ0v) is 16.9. The van der Waals surface area contributed by atoms with E-state index in [0.29, 0.717) is 19.4 Å². The molecular weight excluding hydrogens is 390 g/mol. The lowest BCUT2D eigenvalue weighted by molar-refractivity contribution is -0.142. The number of hydrogen-bond donors (Lipinski definition) is 8. The number of carbonyl (C=O) groups is 4. The summed E-state index contributed by atoms with van der Waals surface area (Å²) >= 11 is 4.01. The van der Waals surface area contributed by atoms with Crippen molar-refractivity contribution in [1.82, 2.24) is 16.0 Å². The summed E-state index contributed by atoms with van der Waals surface area (Å²) in [7, 11) is 0. The molecule has 0 aromatic rings. The largest absolute Gasteiger partial charge is 0.480 e. The van der Waals surface area contributed by atoms with Crippen LogP contribution in [0.1, 0.15) is 33.1 Å². The van der Waals surface area contributed by atoms with Crippen LogP contribution in [0, 0.1) is 0 Å². The van der Waals surface area contributed by atoms with Crippen LogP contribution in [0.5, 0.6) is 0 Å². The number of nitrogens with one attached hydrogen (secondary N) is 3. The molecule has 9 N–H and O–H groups in total. The first-order valence-electron chi connectivity index (χ1n) is 8.93. The van der Waals surface area contributed by atoms with Gasteiger partial charge < -0.3 is 37.6 Å². The Balaban J connectivity index is 4.79. The molecule has 0 heterocycles. The molecular formula is C16H31N5O6S. The Bertz CT molecular complexity index is 548. The minimum absolute atomic E-state index is 0.0828. The van der Waals surface area contributed by atoms with Crippen LogP contribution in [0.4, 0.5) is 0 Å². The second kappa shape index (κ2) is 13.3. The van der Waals surface area contributed by atoms with Gasteiger partial charge in [0.15, 0.2) is 0 Å². The number of carbonyl (C=O) groups excluding carboxylic acids is 3. The number of carboxylic acids is 1. The van der Waals surface area contributed by atoms with Gasteiger partial charge in [-0.15, -0.1) is 0 Å². The highest BCUT2D eigenvalue weighted by atomic mass is 32.1. The predicted octanol–water partition coefficient (Wildman–Crippen LogP) is -2.69. The summed E-state index contributed by atoms with van der Waals surface area (Å²) in [5, 5.41) is 25.6. The maximum absolute atomic E-state index is 12.3. The first-order chi connectivity index (χ1) is 13.0. The van der Waals surface area contributed by atoms with Gasteiger partial charge >= 0.3 is 5.97 Å². The van der Waals surface area contributed by atoms with Crippen molar-refractivity contribution in [3.63, 3.8) is 0 Å². The summed E-state index contributed by atoms with van der Waals surface area (Å²) in [6.45, 7) is 3.13. The van der Waals surface area contributed by atoms with E-state index >= 15 is 0 Å². The molecule has 11 nitrogen and oxygen atoms in total. The third-order valence-electron chi connectivity index (χ3n) is 3.95. The topological polar surface area (TPSA) is 197 Å². The molecule has 5 unspecified atom stereocenters. The summed E-state index contributed by atoms with van der Waals surface area (Å²) in [5.74, 6) is -3.39. The summed E-state index contributed by atoms with van der Waals surface area (Å²) in [4.78, 5) is 47.6. The molecule has 0 saturated carbocycles. The molecule has 0 bridgehead atoms. The number of aliphatic carboxylic acids is 1. The van der Waals surface area contributed by atoms with Gasteiger partial charge in [-0.25, -0.2) is 4.79 Å². The fourth-order valence-corrected chi connectivity index (χ4v) is 2.36.